The summed E-state index contributed by atoms with van der Waals surface area (Å²) in [5.74, 6) is 0. The van der Waals surface area contributed by atoms with Crippen LogP contribution in [-0.4, -0.2) is 6.21 Å². The van der Waals surface area contributed by atoms with Crippen molar-refractivity contribution in [2.45, 2.75) is 20.5 Å². The second kappa shape index (κ2) is 22.9. The van der Waals surface area contributed by atoms with Crippen molar-refractivity contribution < 1.29 is 13.1 Å². The Hall–Kier alpha value is -2.90. The molecule has 0 saturated heterocycles. The first-order valence-corrected chi connectivity index (χ1v) is 12.9. The Kier molecular flexibility index (Phi) is 21.0. The van der Waals surface area contributed by atoms with Crippen molar-refractivity contribution in [2.75, 3.05) is 0 Å². The van der Waals surface area contributed by atoms with Gasteiger partial charge in [0, 0.05) is 12.8 Å². The van der Waals surface area contributed by atoms with Gasteiger partial charge < -0.3 is 5.73 Å². The second-order valence-electron chi connectivity index (χ2n) is 6.58. The van der Waals surface area contributed by atoms with Crippen LogP contribution in [0.15, 0.2) is 126 Å². The number of nitriles is 1. The number of nitrogens with two attached hydrogens (primary N) is 1. The molecule has 3 nitrogen and oxygen atoms in total. The van der Waals surface area contributed by atoms with E-state index >= 15 is 0 Å². The van der Waals surface area contributed by atoms with Gasteiger partial charge in [0.15, 0.2) is 0 Å². The number of hydrogen-bond acceptors (Lipinski definition) is 3. The van der Waals surface area contributed by atoms with Gasteiger partial charge in [0.2, 0.25) is 0 Å². The van der Waals surface area contributed by atoms with Crippen molar-refractivity contribution in [3.8, 4) is 6.07 Å². The van der Waals surface area contributed by atoms with Crippen molar-refractivity contribution in [3.63, 3.8) is 0 Å². The summed E-state index contributed by atoms with van der Waals surface area (Å²) in [6.45, 7) is 1.39. The summed E-state index contributed by atoms with van der Waals surface area (Å²) in [6, 6.07) is 41.6. The van der Waals surface area contributed by atoms with Crippen molar-refractivity contribution >= 4 is 26.4 Å². The van der Waals surface area contributed by atoms with Crippen molar-refractivity contribution in [1.29, 1.82) is 5.26 Å². The van der Waals surface area contributed by atoms with Gasteiger partial charge in [0.25, 0.3) is 0 Å². The van der Waals surface area contributed by atoms with Crippen LogP contribution >= 0.6 is 20.2 Å². The SMILES string of the molecule is C.C(=NCc1ccccc1)c1ccccc1.N#Cc1ccccc1.NCc1ccccc1.[Cl][Cu][Cl]. The van der Waals surface area contributed by atoms with Crippen LogP contribution in [0.1, 0.15) is 29.7 Å². The fourth-order valence-corrected chi connectivity index (χ4v) is 2.51. The van der Waals surface area contributed by atoms with Crippen LogP contribution in [0.5, 0.6) is 0 Å². The van der Waals surface area contributed by atoms with Crippen molar-refractivity contribution in [3.05, 3.63) is 144 Å². The predicted molar refractivity (Wildman–Crippen MR) is 148 cm³/mol. The zero-order valence-corrected chi connectivity index (χ0v) is 21.0. The van der Waals surface area contributed by atoms with Gasteiger partial charge in [-0.25, -0.2) is 0 Å². The third-order valence-electron chi connectivity index (χ3n) is 4.14. The molecule has 0 aliphatic carbocycles. The molecule has 4 aromatic carbocycles. The second-order valence-corrected chi connectivity index (χ2v) is 8.13. The first-order valence-electron chi connectivity index (χ1n) is 10.3. The topological polar surface area (TPSA) is 62.2 Å². The van der Waals surface area contributed by atoms with E-state index in [9.17, 15) is 0 Å². The van der Waals surface area contributed by atoms with E-state index in [0.29, 0.717) is 12.1 Å². The molecule has 187 valence electrons. The number of nitrogens with zero attached hydrogens (tertiary/aromatic N) is 2. The molecule has 0 bridgehead atoms. The fourth-order valence-electron chi connectivity index (χ4n) is 2.51. The Balaban J connectivity index is 0.000000495. The Morgan fingerprint density at radius 3 is 1.49 bits per heavy atom. The average Bonchev–Trinajstić information content (AvgIpc) is 2.92. The van der Waals surface area contributed by atoms with Gasteiger partial charge in [-0.05, 0) is 28.8 Å². The Bertz CT molecular complexity index is 1060. The molecular formula is C29H31Cl2CuN3. The number of benzene rings is 4. The Morgan fingerprint density at radius 2 is 1.11 bits per heavy atom. The van der Waals surface area contributed by atoms with Crippen LogP contribution in [0, 0.1) is 11.3 Å². The summed E-state index contributed by atoms with van der Waals surface area (Å²) in [7, 11) is 9.34. The molecule has 2 N–H and O–H groups in total. The van der Waals surface area contributed by atoms with Crippen LogP contribution < -0.4 is 5.73 Å². The van der Waals surface area contributed by atoms with E-state index in [4.69, 9.17) is 11.0 Å². The monoisotopic (exact) mass is 554 g/mol. The van der Waals surface area contributed by atoms with E-state index in [1.165, 1.54) is 11.1 Å². The third kappa shape index (κ3) is 17.2. The number of halogens is 2. The summed E-state index contributed by atoms with van der Waals surface area (Å²) in [6.07, 6.45) is 1.91. The molecule has 0 atom stereocenters. The van der Waals surface area contributed by atoms with Gasteiger partial charge in [-0.1, -0.05) is 117 Å². The number of hydrogen-bond donors (Lipinski definition) is 1. The van der Waals surface area contributed by atoms with Crippen LogP contribution in [0.2, 0.25) is 0 Å². The number of rotatable bonds is 4. The van der Waals surface area contributed by atoms with Crippen LogP contribution in [0.3, 0.4) is 0 Å². The molecule has 0 aromatic heterocycles. The van der Waals surface area contributed by atoms with E-state index in [1.807, 2.05) is 97.2 Å². The maximum atomic E-state index is 8.29. The van der Waals surface area contributed by atoms with Crippen LogP contribution in [0.25, 0.3) is 0 Å². The molecular weight excluding hydrogens is 525 g/mol. The standard InChI is InChI=1S/C14H13N.C7H9N.C7H5N.CH4.2ClH.Cu/c1-3-7-13(8-4-1)11-15-12-14-9-5-2-6-10-14;2*8-6-7-4-2-1-3-5-7;;;;/h1-11H,12H2;1-5H,6,8H2;1-5H;1H4;2*1H;/q;;;;;;+2/p-2. The molecule has 6 heteroatoms. The average molecular weight is 556 g/mol. The summed E-state index contributed by atoms with van der Waals surface area (Å²) < 4.78 is 0. The summed E-state index contributed by atoms with van der Waals surface area (Å²) >= 11 is 0.757. The molecule has 0 spiro atoms. The van der Waals surface area contributed by atoms with E-state index < -0.39 is 0 Å². The molecule has 4 rings (SSSR count). The third-order valence-corrected chi connectivity index (χ3v) is 4.14. The fraction of sp³-hybridized carbons (Fsp3) is 0.103. The van der Waals surface area contributed by atoms with E-state index in [1.54, 1.807) is 12.1 Å². The molecule has 0 aliphatic rings. The summed E-state index contributed by atoms with van der Waals surface area (Å²) in [4.78, 5) is 4.39. The first kappa shape index (κ1) is 32.1. The Morgan fingerprint density at radius 1 is 0.714 bits per heavy atom. The Labute approximate surface area is 224 Å². The van der Waals surface area contributed by atoms with Crippen molar-refractivity contribution in [1.82, 2.24) is 0 Å². The predicted octanol–water partition coefficient (Wildman–Crippen LogP) is 8.02. The minimum atomic E-state index is 0. The molecule has 0 heterocycles. The molecule has 0 saturated carbocycles. The zero-order valence-electron chi connectivity index (χ0n) is 18.6. The van der Waals surface area contributed by atoms with Gasteiger partial charge in [-0.2, -0.15) is 5.26 Å². The molecule has 0 aliphatic heterocycles. The van der Waals surface area contributed by atoms with Crippen molar-refractivity contribution in [2.24, 2.45) is 10.7 Å². The first-order chi connectivity index (χ1) is 16.7. The van der Waals surface area contributed by atoms with Crippen LogP contribution in [0.4, 0.5) is 0 Å². The quantitative estimate of drug-likeness (QED) is 0.205. The molecule has 0 unspecified atom stereocenters. The van der Waals surface area contributed by atoms with E-state index in [2.05, 4.69) is 49.5 Å². The van der Waals surface area contributed by atoms with Gasteiger partial charge in [0.1, 0.15) is 0 Å². The van der Waals surface area contributed by atoms with Gasteiger partial charge in [0.05, 0.1) is 18.2 Å². The summed E-state index contributed by atoms with van der Waals surface area (Å²) in [5.41, 5.74) is 9.64. The zero-order chi connectivity index (χ0) is 24.7. The molecule has 35 heavy (non-hydrogen) atoms. The molecule has 0 amide bonds. The van der Waals surface area contributed by atoms with Gasteiger partial charge in [-0.3, -0.25) is 4.99 Å². The maximum absolute atomic E-state index is 8.29. The van der Waals surface area contributed by atoms with E-state index in [0.717, 1.165) is 25.2 Å². The number of aliphatic imine (C=N–C) groups is 1. The molecule has 0 fully saturated rings. The summed E-state index contributed by atoms with van der Waals surface area (Å²) in [5, 5.41) is 8.29. The normalized spacial score (nSPS) is 9.09. The van der Waals surface area contributed by atoms with E-state index in [-0.39, 0.29) is 7.43 Å². The van der Waals surface area contributed by atoms with Crippen LogP contribution in [-0.2, 0) is 26.2 Å². The minimum absolute atomic E-state index is 0. The van der Waals surface area contributed by atoms with Gasteiger partial charge >= 0.3 is 33.3 Å². The van der Waals surface area contributed by atoms with Gasteiger partial charge in [-0.15, -0.1) is 0 Å². The molecule has 0 radical (unpaired) electrons. The molecule has 4 aromatic rings.